The first-order valence-corrected chi connectivity index (χ1v) is 8.19. The fourth-order valence-corrected chi connectivity index (χ4v) is 2.71. The minimum absolute atomic E-state index is 0.114. The smallest absolute Gasteiger partial charge is 0.250 e. The molecule has 0 heterocycles. The number of nitrogens with one attached hydrogen (secondary N) is 1. The standard InChI is InChI=1S/C16H15BrN2OS/c1-12-4-2-3-5-15(12)21-11-16(20)19-18-10-13-6-8-14(17)9-7-13/h2-10H,11H2,1H3,(H,19,20)/b18-10+. The molecule has 0 aliphatic rings. The molecule has 0 saturated heterocycles. The molecule has 108 valence electrons. The molecule has 2 aromatic rings. The van der Waals surface area contributed by atoms with Crippen LogP contribution in [0.15, 0.2) is 63.0 Å². The molecule has 0 aliphatic carbocycles. The molecule has 0 unspecified atom stereocenters. The summed E-state index contributed by atoms with van der Waals surface area (Å²) in [5.41, 5.74) is 4.64. The van der Waals surface area contributed by atoms with Gasteiger partial charge in [0.15, 0.2) is 0 Å². The quantitative estimate of drug-likeness (QED) is 0.496. The highest BCUT2D eigenvalue weighted by atomic mass is 79.9. The highest BCUT2D eigenvalue weighted by Crippen LogP contribution is 2.21. The number of thioether (sulfide) groups is 1. The number of hydrogen-bond acceptors (Lipinski definition) is 3. The van der Waals surface area contributed by atoms with Gasteiger partial charge in [-0.25, -0.2) is 5.43 Å². The van der Waals surface area contributed by atoms with Crippen molar-refractivity contribution < 1.29 is 4.79 Å². The van der Waals surface area contributed by atoms with Crippen LogP contribution in [-0.2, 0) is 4.79 Å². The summed E-state index contributed by atoms with van der Waals surface area (Å²) < 4.78 is 1.01. The van der Waals surface area contributed by atoms with E-state index in [1.165, 1.54) is 17.3 Å². The molecule has 0 aliphatic heterocycles. The molecule has 21 heavy (non-hydrogen) atoms. The van der Waals surface area contributed by atoms with E-state index in [4.69, 9.17) is 0 Å². The van der Waals surface area contributed by atoms with E-state index in [1.54, 1.807) is 6.21 Å². The van der Waals surface area contributed by atoms with E-state index in [0.717, 1.165) is 14.9 Å². The Morgan fingerprint density at radius 3 is 2.67 bits per heavy atom. The van der Waals surface area contributed by atoms with E-state index in [-0.39, 0.29) is 5.91 Å². The predicted octanol–water partition coefficient (Wildman–Crippen LogP) is 4.00. The molecule has 0 aromatic heterocycles. The largest absolute Gasteiger partial charge is 0.272 e. The van der Waals surface area contributed by atoms with Crippen LogP contribution in [0.1, 0.15) is 11.1 Å². The number of halogens is 1. The van der Waals surface area contributed by atoms with Gasteiger partial charge in [-0.05, 0) is 36.2 Å². The first kappa shape index (κ1) is 15.8. The van der Waals surface area contributed by atoms with Gasteiger partial charge in [-0.15, -0.1) is 11.8 Å². The van der Waals surface area contributed by atoms with Crippen LogP contribution in [0.4, 0.5) is 0 Å². The number of carbonyl (C=O) groups is 1. The zero-order valence-electron chi connectivity index (χ0n) is 11.5. The molecule has 2 aromatic carbocycles. The first-order valence-electron chi connectivity index (χ1n) is 6.41. The molecule has 0 saturated carbocycles. The Hall–Kier alpha value is -1.59. The van der Waals surface area contributed by atoms with E-state index >= 15 is 0 Å². The Bertz CT molecular complexity index is 641. The van der Waals surface area contributed by atoms with Gasteiger partial charge in [0.25, 0.3) is 0 Å². The Morgan fingerprint density at radius 1 is 1.24 bits per heavy atom. The van der Waals surface area contributed by atoms with Gasteiger partial charge < -0.3 is 0 Å². The fourth-order valence-electron chi connectivity index (χ4n) is 1.62. The van der Waals surface area contributed by atoms with Gasteiger partial charge in [0, 0.05) is 9.37 Å². The Balaban J connectivity index is 1.80. The van der Waals surface area contributed by atoms with Crippen LogP contribution in [0.3, 0.4) is 0 Å². The minimum atomic E-state index is -0.114. The van der Waals surface area contributed by atoms with Gasteiger partial charge in [0.1, 0.15) is 0 Å². The van der Waals surface area contributed by atoms with Gasteiger partial charge in [-0.2, -0.15) is 5.10 Å². The second kappa shape index (κ2) is 8.00. The third-order valence-corrected chi connectivity index (χ3v) is 4.43. The van der Waals surface area contributed by atoms with Gasteiger partial charge >= 0.3 is 0 Å². The maximum atomic E-state index is 11.7. The molecule has 2 rings (SSSR count). The van der Waals surface area contributed by atoms with E-state index < -0.39 is 0 Å². The summed E-state index contributed by atoms with van der Waals surface area (Å²) in [7, 11) is 0. The molecule has 1 amide bonds. The molecule has 0 fully saturated rings. The second-order valence-electron chi connectivity index (χ2n) is 4.40. The van der Waals surface area contributed by atoms with Crippen molar-refractivity contribution in [3.63, 3.8) is 0 Å². The van der Waals surface area contributed by atoms with Gasteiger partial charge in [0.2, 0.25) is 5.91 Å². The Kier molecular flexibility index (Phi) is 6.02. The number of nitrogens with zero attached hydrogens (tertiary/aromatic N) is 1. The lowest BCUT2D eigenvalue weighted by atomic mass is 10.2. The van der Waals surface area contributed by atoms with Crippen molar-refractivity contribution in [3.05, 3.63) is 64.1 Å². The molecule has 0 atom stereocenters. The number of amides is 1. The summed E-state index contributed by atoms with van der Waals surface area (Å²) in [6.07, 6.45) is 1.63. The van der Waals surface area contributed by atoms with Gasteiger partial charge in [-0.1, -0.05) is 46.3 Å². The SMILES string of the molecule is Cc1ccccc1SCC(=O)N/N=C/c1ccc(Br)cc1. The summed E-state index contributed by atoms with van der Waals surface area (Å²) in [4.78, 5) is 12.8. The minimum Gasteiger partial charge on any atom is -0.272 e. The number of hydrazone groups is 1. The van der Waals surface area contributed by atoms with Crippen molar-refractivity contribution in [2.45, 2.75) is 11.8 Å². The molecular formula is C16H15BrN2OS. The summed E-state index contributed by atoms with van der Waals surface area (Å²) in [5.74, 6) is 0.235. The van der Waals surface area contributed by atoms with Crippen LogP contribution in [-0.4, -0.2) is 17.9 Å². The second-order valence-corrected chi connectivity index (χ2v) is 6.33. The van der Waals surface area contributed by atoms with Gasteiger partial charge in [0.05, 0.1) is 12.0 Å². The topological polar surface area (TPSA) is 41.5 Å². The van der Waals surface area contributed by atoms with E-state index in [9.17, 15) is 4.79 Å². The summed E-state index contributed by atoms with van der Waals surface area (Å²) >= 11 is 4.88. The van der Waals surface area contributed by atoms with Crippen LogP contribution in [0.2, 0.25) is 0 Å². The molecule has 0 bridgehead atoms. The third kappa shape index (κ3) is 5.36. The fraction of sp³-hybridized carbons (Fsp3) is 0.125. The van der Waals surface area contributed by atoms with Crippen molar-refractivity contribution >= 4 is 39.8 Å². The Morgan fingerprint density at radius 2 is 1.95 bits per heavy atom. The van der Waals surface area contributed by atoms with Crippen molar-refractivity contribution in [2.75, 3.05) is 5.75 Å². The van der Waals surface area contributed by atoms with Crippen molar-refractivity contribution in [1.29, 1.82) is 0 Å². The third-order valence-electron chi connectivity index (χ3n) is 2.73. The Labute approximate surface area is 137 Å². The zero-order valence-corrected chi connectivity index (χ0v) is 13.9. The van der Waals surface area contributed by atoms with Crippen LogP contribution >= 0.6 is 27.7 Å². The lowest BCUT2D eigenvalue weighted by molar-refractivity contribution is -0.118. The average molecular weight is 363 g/mol. The van der Waals surface area contributed by atoms with E-state index in [0.29, 0.717) is 5.75 Å². The van der Waals surface area contributed by atoms with Crippen LogP contribution in [0.25, 0.3) is 0 Å². The maximum absolute atomic E-state index is 11.7. The monoisotopic (exact) mass is 362 g/mol. The summed E-state index contributed by atoms with van der Waals surface area (Å²) in [6, 6.07) is 15.7. The number of benzene rings is 2. The average Bonchev–Trinajstić information content (AvgIpc) is 2.48. The lowest BCUT2D eigenvalue weighted by Crippen LogP contribution is -2.19. The molecule has 0 radical (unpaired) electrons. The van der Waals surface area contributed by atoms with Crippen LogP contribution in [0.5, 0.6) is 0 Å². The number of aryl methyl sites for hydroxylation is 1. The first-order chi connectivity index (χ1) is 10.1. The van der Waals surface area contributed by atoms with Crippen molar-refractivity contribution in [1.82, 2.24) is 5.43 Å². The number of hydrogen-bond donors (Lipinski definition) is 1. The van der Waals surface area contributed by atoms with E-state index in [2.05, 4.69) is 26.5 Å². The molecule has 3 nitrogen and oxygen atoms in total. The van der Waals surface area contributed by atoms with Crippen LogP contribution in [0, 0.1) is 6.92 Å². The van der Waals surface area contributed by atoms with Crippen molar-refractivity contribution in [2.24, 2.45) is 5.10 Å². The number of rotatable bonds is 5. The normalized spacial score (nSPS) is 10.8. The molecule has 0 spiro atoms. The highest BCUT2D eigenvalue weighted by molar-refractivity contribution is 9.10. The number of carbonyl (C=O) groups excluding carboxylic acids is 1. The van der Waals surface area contributed by atoms with Gasteiger partial charge in [-0.3, -0.25) is 4.79 Å². The maximum Gasteiger partial charge on any atom is 0.250 e. The zero-order chi connectivity index (χ0) is 15.1. The highest BCUT2D eigenvalue weighted by Gasteiger charge is 2.03. The summed E-state index contributed by atoms with van der Waals surface area (Å²) in [6.45, 7) is 2.03. The van der Waals surface area contributed by atoms with Crippen LogP contribution < -0.4 is 5.43 Å². The predicted molar refractivity (Wildman–Crippen MR) is 91.8 cm³/mol. The summed E-state index contributed by atoms with van der Waals surface area (Å²) in [5, 5.41) is 3.95. The van der Waals surface area contributed by atoms with Crippen molar-refractivity contribution in [3.8, 4) is 0 Å². The lowest BCUT2D eigenvalue weighted by Gasteiger charge is -2.03. The molecule has 5 heteroatoms. The molecular weight excluding hydrogens is 348 g/mol. The van der Waals surface area contributed by atoms with E-state index in [1.807, 2.05) is 55.5 Å². The molecule has 1 N–H and O–H groups in total.